The van der Waals surface area contributed by atoms with Crippen LogP contribution in [0.3, 0.4) is 0 Å². The minimum atomic E-state index is -0.274. The molecule has 0 aliphatic heterocycles. The lowest BCUT2D eigenvalue weighted by Crippen LogP contribution is -2.13. The minimum Gasteiger partial charge on any atom is -0.496 e. The molecule has 0 atom stereocenters. The monoisotopic (exact) mass is 375 g/mol. The van der Waals surface area contributed by atoms with E-state index in [0.29, 0.717) is 22.8 Å². The molecule has 5 nitrogen and oxygen atoms in total. The number of fused-ring (bicyclic) bond motifs is 3. The number of anilines is 1. The van der Waals surface area contributed by atoms with Crippen molar-refractivity contribution >= 4 is 11.6 Å². The Morgan fingerprint density at radius 2 is 1.46 bits per heavy atom. The van der Waals surface area contributed by atoms with Gasteiger partial charge in [0.25, 0.3) is 5.91 Å². The van der Waals surface area contributed by atoms with Gasteiger partial charge in [0.15, 0.2) is 11.5 Å². The predicted molar refractivity (Wildman–Crippen MR) is 109 cm³/mol. The zero-order valence-electron chi connectivity index (χ0n) is 16.0. The van der Waals surface area contributed by atoms with Crippen molar-refractivity contribution in [3.8, 4) is 28.4 Å². The van der Waals surface area contributed by atoms with Crippen LogP contribution in [0.25, 0.3) is 11.1 Å². The van der Waals surface area contributed by atoms with Crippen LogP contribution in [0, 0.1) is 0 Å². The molecule has 0 heterocycles. The molecule has 0 spiro atoms. The number of ether oxygens (including phenoxy) is 3. The highest BCUT2D eigenvalue weighted by Crippen LogP contribution is 2.38. The van der Waals surface area contributed by atoms with Gasteiger partial charge in [-0.2, -0.15) is 0 Å². The lowest BCUT2D eigenvalue weighted by molar-refractivity contribution is 0.102. The fourth-order valence-electron chi connectivity index (χ4n) is 3.61. The maximum Gasteiger partial charge on any atom is 0.259 e. The summed E-state index contributed by atoms with van der Waals surface area (Å²) in [6, 6.07) is 17.6. The Balaban J connectivity index is 1.65. The van der Waals surface area contributed by atoms with Crippen LogP contribution in [0.5, 0.6) is 17.2 Å². The van der Waals surface area contributed by atoms with Crippen molar-refractivity contribution in [3.05, 3.63) is 71.3 Å². The van der Waals surface area contributed by atoms with Crippen LogP contribution in [0.4, 0.5) is 5.69 Å². The molecule has 0 saturated carbocycles. The van der Waals surface area contributed by atoms with Gasteiger partial charge in [0.1, 0.15) is 5.75 Å². The van der Waals surface area contributed by atoms with Gasteiger partial charge in [-0.15, -0.1) is 0 Å². The number of nitrogens with one attached hydrogen (secondary N) is 1. The van der Waals surface area contributed by atoms with Crippen LogP contribution in [0.1, 0.15) is 21.5 Å². The van der Waals surface area contributed by atoms with Crippen LogP contribution in [0.2, 0.25) is 0 Å². The summed E-state index contributed by atoms with van der Waals surface area (Å²) in [6.45, 7) is 0. The Hall–Kier alpha value is -3.47. The number of hydrogen-bond donors (Lipinski definition) is 1. The first kappa shape index (κ1) is 17.9. The fraction of sp³-hybridized carbons (Fsp3) is 0.174. The number of rotatable bonds is 5. The number of carbonyl (C=O) groups excluding carboxylic acids is 1. The molecule has 28 heavy (non-hydrogen) atoms. The lowest BCUT2D eigenvalue weighted by atomic mass is 10.0. The van der Waals surface area contributed by atoms with E-state index in [9.17, 15) is 4.79 Å². The Morgan fingerprint density at radius 1 is 0.786 bits per heavy atom. The van der Waals surface area contributed by atoms with E-state index in [0.717, 1.165) is 17.7 Å². The smallest absolute Gasteiger partial charge is 0.259 e. The van der Waals surface area contributed by atoms with E-state index in [1.807, 2.05) is 18.2 Å². The molecule has 5 heteroatoms. The van der Waals surface area contributed by atoms with Gasteiger partial charge in [-0.25, -0.2) is 0 Å². The topological polar surface area (TPSA) is 56.8 Å². The van der Waals surface area contributed by atoms with Gasteiger partial charge in [-0.3, -0.25) is 4.79 Å². The molecule has 142 valence electrons. The molecule has 3 aromatic carbocycles. The second-order valence-corrected chi connectivity index (χ2v) is 6.57. The second-order valence-electron chi connectivity index (χ2n) is 6.57. The molecule has 4 rings (SSSR count). The Bertz CT molecular complexity index is 1060. The Kier molecular flexibility index (Phi) is 4.65. The summed E-state index contributed by atoms with van der Waals surface area (Å²) in [4.78, 5) is 12.9. The van der Waals surface area contributed by atoms with Crippen LogP contribution in [0.15, 0.2) is 54.6 Å². The molecule has 0 radical (unpaired) electrons. The summed E-state index contributed by atoms with van der Waals surface area (Å²) >= 11 is 0. The fourth-order valence-corrected chi connectivity index (χ4v) is 3.61. The van der Waals surface area contributed by atoms with Crippen LogP contribution < -0.4 is 19.5 Å². The van der Waals surface area contributed by atoms with Crippen molar-refractivity contribution in [2.75, 3.05) is 26.6 Å². The molecular weight excluding hydrogens is 354 g/mol. The standard InChI is InChI=1S/C23H21NO4/c1-26-20-13-22(28-3)21(27-2)12-19(20)23(25)24-16-9-8-15-10-14-6-4-5-7-17(14)18(15)11-16/h4-9,11-13H,10H2,1-3H3,(H,24,25). The molecule has 0 bridgehead atoms. The lowest BCUT2D eigenvalue weighted by Gasteiger charge is -2.14. The predicted octanol–water partition coefficient (Wildman–Crippen LogP) is 4.54. The van der Waals surface area contributed by atoms with Crippen molar-refractivity contribution in [3.63, 3.8) is 0 Å². The van der Waals surface area contributed by atoms with Gasteiger partial charge in [-0.05, 0) is 40.8 Å². The third-order valence-corrected chi connectivity index (χ3v) is 5.01. The number of methoxy groups -OCH3 is 3. The third-order valence-electron chi connectivity index (χ3n) is 5.01. The molecule has 0 unspecified atom stereocenters. The summed E-state index contributed by atoms with van der Waals surface area (Å²) in [5.74, 6) is 1.12. The van der Waals surface area contributed by atoms with Gasteiger partial charge >= 0.3 is 0 Å². The highest BCUT2D eigenvalue weighted by Gasteiger charge is 2.20. The molecule has 1 N–H and O–H groups in total. The van der Waals surface area contributed by atoms with Crippen LogP contribution in [-0.2, 0) is 6.42 Å². The molecule has 0 saturated heterocycles. The maximum absolute atomic E-state index is 12.9. The van der Waals surface area contributed by atoms with Crippen molar-refractivity contribution < 1.29 is 19.0 Å². The maximum atomic E-state index is 12.9. The summed E-state index contributed by atoms with van der Waals surface area (Å²) in [7, 11) is 4.59. The van der Waals surface area contributed by atoms with Gasteiger partial charge in [0.05, 0.1) is 26.9 Å². The van der Waals surface area contributed by atoms with E-state index in [1.54, 1.807) is 19.2 Å². The van der Waals surface area contributed by atoms with E-state index < -0.39 is 0 Å². The normalized spacial score (nSPS) is 11.4. The largest absolute Gasteiger partial charge is 0.496 e. The molecule has 0 fully saturated rings. The molecular formula is C23H21NO4. The molecule has 1 amide bonds. The van der Waals surface area contributed by atoms with Gasteiger partial charge < -0.3 is 19.5 Å². The first-order chi connectivity index (χ1) is 13.6. The summed E-state index contributed by atoms with van der Waals surface area (Å²) in [5.41, 5.74) is 6.06. The Labute approximate surface area is 163 Å². The Morgan fingerprint density at radius 3 is 2.21 bits per heavy atom. The van der Waals surface area contributed by atoms with Crippen LogP contribution >= 0.6 is 0 Å². The summed E-state index contributed by atoms with van der Waals surface area (Å²) in [5, 5.41) is 2.97. The van der Waals surface area contributed by atoms with E-state index in [2.05, 4.69) is 29.6 Å². The van der Waals surface area contributed by atoms with Crippen molar-refractivity contribution in [1.29, 1.82) is 0 Å². The van der Waals surface area contributed by atoms with E-state index >= 15 is 0 Å². The summed E-state index contributed by atoms with van der Waals surface area (Å²) < 4.78 is 16.0. The van der Waals surface area contributed by atoms with Gasteiger partial charge in [0.2, 0.25) is 0 Å². The van der Waals surface area contributed by atoms with Gasteiger partial charge in [0, 0.05) is 17.8 Å². The van der Waals surface area contributed by atoms with Gasteiger partial charge in [-0.1, -0.05) is 30.3 Å². The minimum absolute atomic E-state index is 0.274. The molecule has 0 aromatic heterocycles. The van der Waals surface area contributed by atoms with E-state index in [4.69, 9.17) is 14.2 Å². The number of benzene rings is 3. The highest BCUT2D eigenvalue weighted by molar-refractivity contribution is 6.07. The number of carbonyl (C=O) groups is 1. The average Bonchev–Trinajstić information content (AvgIpc) is 3.10. The first-order valence-corrected chi connectivity index (χ1v) is 8.97. The highest BCUT2D eigenvalue weighted by atomic mass is 16.5. The van der Waals surface area contributed by atoms with E-state index in [-0.39, 0.29) is 5.91 Å². The molecule has 1 aliphatic rings. The van der Waals surface area contributed by atoms with E-state index in [1.165, 1.54) is 30.9 Å². The zero-order valence-corrected chi connectivity index (χ0v) is 16.0. The third kappa shape index (κ3) is 3.05. The van der Waals surface area contributed by atoms with Crippen LogP contribution in [-0.4, -0.2) is 27.2 Å². The van der Waals surface area contributed by atoms with Crippen molar-refractivity contribution in [2.45, 2.75) is 6.42 Å². The number of amides is 1. The molecule has 1 aliphatic carbocycles. The SMILES string of the molecule is COc1cc(OC)c(C(=O)Nc2ccc3c(c2)-c2ccccc2C3)cc1OC. The second kappa shape index (κ2) is 7.27. The summed E-state index contributed by atoms with van der Waals surface area (Å²) in [6.07, 6.45) is 0.920. The quantitative estimate of drug-likeness (QED) is 0.557. The average molecular weight is 375 g/mol. The number of hydrogen-bond acceptors (Lipinski definition) is 4. The van der Waals surface area contributed by atoms with Crippen molar-refractivity contribution in [2.24, 2.45) is 0 Å². The zero-order chi connectivity index (χ0) is 19.7. The molecule has 3 aromatic rings. The first-order valence-electron chi connectivity index (χ1n) is 8.97. The van der Waals surface area contributed by atoms with Crippen molar-refractivity contribution in [1.82, 2.24) is 0 Å².